The van der Waals surface area contributed by atoms with Crippen LogP contribution < -0.4 is 10.6 Å². The Labute approximate surface area is 321 Å². The smallest absolute Gasteiger partial charge is 0.317 e. The van der Waals surface area contributed by atoms with Gasteiger partial charge in [0.05, 0.1) is 4.90 Å². The number of hydrogen-bond donors (Lipinski definition) is 2. The van der Waals surface area contributed by atoms with Gasteiger partial charge in [-0.25, -0.2) is 18.0 Å². The van der Waals surface area contributed by atoms with Gasteiger partial charge in [-0.15, -0.1) is 0 Å². The number of likely N-dealkylation sites (tertiary alicyclic amines) is 2. The van der Waals surface area contributed by atoms with Crippen molar-refractivity contribution in [3.8, 4) is 0 Å². The molecule has 14 heteroatoms. The Morgan fingerprint density at radius 3 is 1.83 bits per heavy atom. The average molecular weight is 760 g/mol. The van der Waals surface area contributed by atoms with E-state index in [1.165, 1.54) is 9.87 Å². The zero-order chi connectivity index (χ0) is 37.9. The van der Waals surface area contributed by atoms with Gasteiger partial charge in [0.1, 0.15) is 0 Å². The van der Waals surface area contributed by atoms with Crippen LogP contribution in [0.5, 0.6) is 0 Å². The maximum absolute atomic E-state index is 13.2. The molecule has 0 bridgehead atoms. The zero-order valence-electron chi connectivity index (χ0n) is 31.9. The van der Waals surface area contributed by atoms with Crippen LogP contribution in [0.4, 0.5) is 9.59 Å². The van der Waals surface area contributed by atoms with Crippen LogP contribution in [0.25, 0.3) is 16.8 Å². The van der Waals surface area contributed by atoms with Crippen molar-refractivity contribution in [1.29, 1.82) is 0 Å². The highest BCUT2D eigenvalue weighted by molar-refractivity contribution is 7.89. The minimum atomic E-state index is -3.63. The minimum absolute atomic E-state index is 0.0900. The average Bonchev–Trinajstić information content (AvgIpc) is 3.20. The van der Waals surface area contributed by atoms with Crippen molar-refractivity contribution in [3.63, 3.8) is 0 Å². The van der Waals surface area contributed by atoms with Gasteiger partial charge < -0.3 is 30.2 Å². The summed E-state index contributed by atoms with van der Waals surface area (Å²) in [5, 5.41) is 7.79. The number of fused-ring (bicyclic) bond motifs is 1. The molecule has 5 heterocycles. The monoisotopic (exact) mass is 759 g/mol. The molecule has 3 aromatic rings. The van der Waals surface area contributed by atoms with Crippen LogP contribution in [0.1, 0.15) is 31.2 Å². The lowest BCUT2D eigenvalue weighted by Gasteiger charge is -2.36. The summed E-state index contributed by atoms with van der Waals surface area (Å²) < 4.78 is 27.9. The van der Waals surface area contributed by atoms with Gasteiger partial charge in [-0.2, -0.15) is 4.31 Å². The molecule has 4 amide bonds. The molecule has 4 fully saturated rings. The summed E-state index contributed by atoms with van der Waals surface area (Å²) in [7, 11) is 0.600. The van der Waals surface area contributed by atoms with Gasteiger partial charge in [0.15, 0.2) is 0 Å². The number of carbonyl (C=O) groups excluding carboxylic acids is 2. The van der Waals surface area contributed by atoms with E-state index in [0.717, 1.165) is 90.0 Å². The van der Waals surface area contributed by atoms with E-state index in [-0.39, 0.29) is 18.1 Å². The van der Waals surface area contributed by atoms with Crippen molar-refractivity contribution in [1.82, 2.24) is 44.4 Å². The highest BCUT2D eigenvalue weighted by Crippen LogP contribution is 2.26. The Balaban J connectivity index is 0.000000186. The fraction of sp³-hybridized carbons (Fsp3) is 0.525. The molecule has 54 heavy (non-hydrogen) atoms. The highest BCUT2D eigenvalue weighted by atomic mass is 32.2. The van der Waals surface area contributed by atoms with Gasteiger partial charge in [0, 0.05) is 94.2 Å². The van der Waals surface area contributed by atoms with E-state index in [1.54, 1.807) is 35.5 Å². The number of nitrogens with zero attached hydrogens (tertiary/aromatic N) is 7. The molecule has 2 N–H and O–H groups in total. The predicted molar refractivity (Wildman–Crippen MR) is 214 cm³/mol. The van der Waals surface area contributed by atoms with E-state index in [9.17, 15) is 18.0 Å². The van der Waals surface area contributed by atoms with Gasteiger partial charge in [0.25, 0.3) is 0 Å². The maximum atomic E-state index is 13.2. The molecule has 7 rings (SSSR count). The maximum Gasteiger partial charge on any atom is 0.317 e. The topological polar surface area (TPSA) is 125 Å². The molecule has 1 aromatic heterocycles. The van der Waals surface area contributed by atoms with Crippen LogP contribution in [0.2, 0.25) is 0 Å². The Hall–Kier alpha value is -4.08. The second-order valence-corrected chi connectivity index (χ2v) is 16.8. The van der Waals surface area contributed by atoms with Gasteiger partial charge in [-0.3, -0.25) is 9.88 Å². The van der Waals surface area contributed by atoms with Gasteiger partial charge in [-0.1, -0.05) is 54.6 Å². The Morgan fingerprint density at radius 2 is 1.26 bits per heavy atom. The van der Waals surface area contributed by atoms with E-state index in [2.05, 4.69) is 80.8 Å². The number of pyridine rings is 1. The lowest BCUT2D eigenvalue weighted by Crippen LogP contribution is -2.55. The van der Waals surface area contributed by atoms with E-state index in [1.807, 2.05) is 17.0 Å². The third-order valence-corrected chi connectivity index (χ3v) is 13.0. The van der Waals surface area contributed by atoms with Crippen LogP contribution in [-0.4, -0.2) is 166 Å². The fourth-order valence-electron chi connectivity index (χ4n) is 7.46. The summed E-state index contributed by atoms with van der Waals surface area (Å²) >= 11 is 0. The van der Waals surface area contributed by atoms with Crippen LogP contribution in [0.15, 0.2) is 78.0 Å². The number of benzene rings is 2. The van der Waals surface area contributed by atoms with Crippen molar-refractivity contribution in [2.45, 2.75) is 42.7 Å². The molecule has 0 unspecified atom stereocenters. The quantitative estimate of drug-likeness (QED) is 0.376. The first-order chi connectivity index (χ1) is 26.2. The number of hydrogen-bond acceptors (Lipinski definition) is 8. The van der Waals surface area contributed by atoms with E-state index >= 15 is 0 Å². The summed E-state index contributed by atoms with van der Waals surface area (Å²) in [6.07, 6.45) is 11.7. The third-order valence-electron chi connectivity index (χ3n) is 11.0. The van der Waals surface area contributed by atoms with Gasteiger partial charge >= 0.3 is 12.1 Å². The SMILES string of the molecule is CN1CCC(NC(=O)N2CCN(C/C=C/c3ccccc3)CC2)CC1.CN1CCC(NC(=O)N2CCN(S(=O)(=O)c3cccc4cnccc34)CC2)CC1. The summed E-state index contributed by atoms with van der Waals surface area (Å²) in [4.78, 5) is 40.0. The number of rotatable bonds is 7. The second kappa shape index (κ2) is 19.0. The Morgan fingerprint density at radius 1 is 0.704 bits per heavy atom. The number of amides is 4. The first kappa shape index (κ1) is 39.6. The molecule has 4 aliphatic rings. The number of sulfonamides is 1. The number of piperazine rings is 2. The molecular formula is C40H57N9O4S. The van der Waals surface area contributed by atoms with Crippen LogP contribution in [0, 0.1) is 0 Å². The lowest BCUT2D eigenvalue weighted by molar-refractivity contribution is 0.139. The minimum Gasteiger partial charge on any atom is -0.335 e. The number of carbonyl (C=O) groups is 2. The highest BCUT2D eigenvalue weighted by Gasteiger charge is 2.32. The normalized spacial score (nSPS) is 20.5. The Kier molecular flexibility index (Phi) is 13.9. The third kappa shape index (κ3) is 10.8. The van der Waals surface area contributed by atoms with Crippen molar-refractivity contribution < 1.29 is 18.0 Å². The van der Waals surface area contributed by atoms with Crippen molar-refractivity contribution in [2.75, 3.05) is 99.2 Å². The fourth-order valence-corrected chi connectivity index (χ4v) is 9.10. The molecule has 13 nitrogen and oxygen atoms in total. The Bertz CT molecular complexity index is 1790. The van der Waals surface area contributed by atoms with E-state index < -0.39 is 10.0 Å². The first-order valence-corrected chi connectivity index (χ1v) is 20.8. The summed E-state index contributed by atoms with van der Waals surface area (Å²) in [6, 6.07) is 17.9. The predicted octanol–water partition coefficient (Wildman–Crippen LogP) is 3.47. The molecule has 0 radical (unpaired) electrons. The first-order valence-electron chi connectivity index (χ1n) is 19.4. The standard InChI is InChI=1S/C20H27N5O3S.C20H30N4O/c1-23-9-6-17(7-10-23)22-20(26)24-11-13-25(14-12-24)29(27,28)19-4-2-3-16-15-21-8-5-18(16)19;1-22-12-9-19(10-13-22)21-20(25)24-16-14-23(15-17-24)11-5-8-18-6-3-2-4-7-18/h2-5,8,15,17H,6-7,9-14H2,1H3,(H,22,26);2-8,19H,9-17H2,1H3,(H,21,25)/b;8-5+. The summed E-state index contributed by atoms with van der Waals surface area (Å²) in [5.41, 5.74) is 1.23. The van der Waals surface area contributed by atoms with Crippen LogP contribution >= 0.6 is 0 Å². The number of nitrogens with one attached hydrogen (secondary N) is 2. The molecule has 4 saturated heterocycles. The van der Waals surface area contributed by atoms with Crippen molar-refractivity contribution in [2.24, 2.45) is 0 Å². The number of aromatic nitrogens is 1. The molecule has 0 saturated carbocycles. The van der Waals surface area contributed by atoms with Gasteiger partial charge in [-0.05, 0) is 83.7 Å². The molecule has 292 valence electrons. The summed E-state index contributed by atoms with van der Waals surface area (Å²) in [6.45, 7) is 9.96. The number of piperidine rings is 2. The molecule has 0 atom stereocenters. The van der Waals surface area contributed by atoms with Gasteiger partial charge in [0.2, 0.25) is 10.0 Å². The molecule has 0 aliphatic carbocycles. The summed E-state index contributed by atoms with van der Waals surface area (Å²) in [5.74, 6) is 0. The second-order valence-electron chi connectivity index (χ2n) is 14.9. The molecule has 2 aromatic carbocycles. The van der Waals surface area contributed by atoms with Crippen LogP contribution in [0.3, 0.4) is 0 Å². The number of urea groups is 2. The molecule has 4 aliphatic heterocycles. The lowest BCUT2D eigenvalue weighted by atomic mass is 10.1. The van der Waals surface area contributed by atoms with E-state index in [0.29, 0.717) is 42.5 Å². The van der Waals surface area contributed by atoms with Crippen molar-refractivity contribution >= 4 is 38.9 Å². The van der Waals surface area contributed by atoms with Crippen molar-refractivity contribution in [3.05, 3.63) is 78.6 Å². The molecular weight excluding hydrogens is 703 g/mol. The molecule has 0 spiro atoms. The van der Waals surface area contributed by atoms with E-state index in [4.69, 9.17) is 0 Å². The largest absolute Gasteiger partial charge is 0.335 e. The zero-order valence-corrected chi connectivity index (χ0v) is 32.7. The van der Waals surface area contributed by atoms with Crippen LogP contribution in [-0.2, 0) is 10.0 Å².